The molecule has 0 saturated heterocycles. The number of urea groups is 1. The van der Waals surface area contributed by atoms with E-state index in [1.54, 1.807) is 0 Å². The number of rotatable bonds is 3. The molecule has 5 heteroatoms. The largest absolute Gasteiger partial charge is 0.352 e. The summed E-state index contributed by atoms with van der Waals surface area (Å²) in [5, 5.41) is 7.51. The summed E-state index contributed by atoms with van der Waals surface area (Å²) in [6.45, 7) is 0.0518. The fraction of sp³-hybridized carbons (Fsp3) is 0.714. The zero-order chi connectivity index (χ0) is 8.97. The Bertz CT molecular complexity index is 189. The van der Waals surface area contributed by atoms with Crippen molar-refractivity contribution < 1.29 is 9.59 Å². The molecular weight excluding hydrogens is 158 g/mol. The van der Waals surface area contributed by atoms with Crippen LogP contribution in [0.15, 0.2) is 0 Å². The molecular formula is C7H13N3O2. The third kappa shape index (κ3) is 3.23. The van der Waals surface area contributed by atoms with Gasteiger partial charge in [0.05, 0.1) is 6.54 Å². The van der Waals surface area contributed by atoms with E-state index in [4.69, 9.17) is 0 Å². The minimum atomic E-state index is -0.332. The number of amides is 3. The number of carbonyl (C=O) groups excluding carboxylic acids is 2. The molecule has 5 nitrogen and oxygen atoms in total. The Labute approximate surface area is 70.9 Å². The predicted molar refractivity (Wildman–Crippen MR) is 43.6 cm³/mol. The van der Waals surface area contributed by atoms with E-state index in [-0.39, 0.29) is 18.5 Å². The molecule has 3 N–H and O–H groups in total. The first kappa shape index (κ1) is 8.83. The Kier molecular flexibility index (Phi) is 2.90. The third-order valence-electron chi connectivity index (χ3n) is 1.58. The molecule has 1 rings (SSSR count). The molecule has 0 aromatic heterocycles. The van der Waals surface area contributed by atoms with Crippen LogP contribution in [-0.2, 0) is 4.79 Å². The van der Waals surface area contributed by atoms with Crippen LogP contribution in [0.25, 0.3) is 0 Å². The van der Waals surface area contributed by atoms with Crippen molar-refractivity contribution in [1.82, 2.24) is 16.0 Å². The first-order valence-corrected chi connectivity index (χ1v) is 3.97. The average Bonchev–Trinajstić information content (AvgIpc) is 2.84. The van der Waals surface area contributed by atoms with E-state index >= 15 is 0 Å². The topological polar surface area (TPSA) is 70.2 Å². The SMILES string of the molecule is CNC(=O)NCC(=O)NC1CC1. The van der Waals surface area contributed by atoms with Gasteiger partial charge in [0, 0.05) is 13.1 Å². The van der Waals surface area contributed by atoms with Gasteiger partial charge in [-0.2, -0.15) is 0 Å². The maximum Gasteiger partial charge on any atom is 0.314 e. The van der Waals surface area contributed by atoms with Crippen LogP contribution >= 0.6 is 0 Å². The van der Waals surface area contributed by atoms with E-state index < -0.39 is 0 Å². The van der Waals surface area contributed by atoms with Gasteiger partial charge in [0.2, 0.25) is 5.91 Å². The molecule has 12 heavy (non-hydrogen) atoms. The summed E-state index contributed by atoms with van der Waals surface area (Å²) >= 11 is 0. The maximum absolute atomic E-state index is 11.0. The Hall–Kier alpha value is -1.26. The predicted octanol–water partition coefficient (Wildman–Crippen LogP) is -0.806. The lowest BCUT2D eigenvalue weighted by Gasteiger charge is -2.04. The highest BCUT2D eigenvalue weighted by Gasteiger charge is 2.22. The summed E-state index contributed by atoms with van der Waals surface area (Å²) < 4.78 is 0. The van der Waals surface area contributed by atoms with E-state index in [1.807, 2.05) is 0 Å². The zero-order valence-electron chi connectivity index (χ0n) is 7.02. The van der Waals surface area contributed by atoms with Gasteiger partial charge in [0.25, 0.3) is 0 Å². The van der Waals surface area contributed by atoms with Crippen molar-refractivity contribution in [2.24, 2.45) is 0 Å². The van der Waals surface area contributed by atoms with Gasteiger partial charge in [-0.05, 0) is 12.8 Å². The Morgan fingerprint density at radius 2 is 2.08 bits per heavy atom. The van der Waals surface area contributed by atoms with Crippen LogP contribution in [0, 0.1) is 0 Å². The van der Waals surface area contributed by atoms with Crippen LogP contribution in [-0.4, -0.2) is 31.6 Å². The van der Waals surface area contributed by atoms with Crippen molar-refractivity contribution in [1.29, 1.82) is 0 Å². The molecule has 0 aliphatic heterocycles. The van der Waals surface area contributed by atoms with Crippen molar-refractivity contribution in [3.8, 4) is 0 Å². The minimum Gasteiger partial charge on any atom is -0.352 e. The van der Waals surface area contributed by atoms with Crippen LogP contribution < -0.4 is 16.0 Å². The Morgan fingerprint density at radius 3 is 2.58 bits per heavy atom. The Morgan fingerprint density at radius 1 is 1.42 bits per heavy atom. The quantitative estimate of drug-likeness (QED) is 0.520. The van der Waals surface area contributed by atoms with Crippen LogP contribution in [0.4, 0.5) is 4.79 Å². The first-order chi connectivity index (χ1) is 5.72. The Balaban J connectivity index is 2.04. The number of hydrogen-bond acceptors (Lipinski definition) is 2. The number of nitrogens with one attached hydrogen (secondary N) is 3. The van der Waals surface area contributed by atoms with Crippen molar-refractivity contribution in [3.63, 3.8) is 0 Å². The second kappa shape index (κ2) is 3.94. The lowest BCUT2D eigenvalue weighted by Crippen LogP contribution is -2.41. The van der Waals surface area contributed by atoms with E-state index in [0.717, 1.165) is 12.8 Å². The molecule has 0 unspecified atom stereocenters. The maximum atomic E-state index is 11.0. The normalized spacial score (nSPS) is 15.1. The van der Waals surface area contributed by atoms with Gasteiger partial charge in [-0.3, -0.25) is 4.79 Å². The highest BCUT2D eigenvalue weighted by atomic mass is 16.2. The van der Waals surface area contributed by atoms with Crippen molar-refractivity contribution in [2.75, 3.05) is 13.6 Å². The molecule has 0 spiro atoms. The number of carbonyl (C=O) groups is 2. The summed E-state index contributed by atoms with van der Waals surface area (Å²) in [4.78, 5) is 21.6. The second-order valence-electron chi connectivity index (χ2n) is 2.77. The van der Waals surface area contributed by atoms with Gasteiger partial charge in [-0.25, -0.2) is 4.79 Å². The van der Waals surface area contributed by atoms with Crippen molar-refractivity contribution in [2.45, 2.75) is 18.9 Å². The lowest BCUT2D eigenvalue weighted by atomic mass is 10.5. The molecule has 1 saturated carbocycles. The minimum absolute atomic E-state index is 0.0518. The van der Waals surface area contributed by atoms with Crippen molar-refractivity contribution >= 4 is 11.9 Å². The highest BCUT2D eigenvalue weighted by Crippen LogP contribution is 2.17. The summed E-state index contributed by atoms with van der Waals surface area (Å²) in [5.41, 5.74) is 0. The van der Waals surface area contributed by atoms with E-state index in [1.165, 1.54) is 7.05 Å². The highest BCUT2D eigenvalue weighted by molar-refractivity contribution is 5.84. The van der Waals surface area contributed by atoms with Crippen LogP contribution in [0.2, 0.25) is 0 Å². The van der Waals surface area contributed by atoms with Gasteiger partial charge >= 0.3 is 6.03 Å². The molecule has 0 radical (unpaired) electrons. The van der Waals surface area contributed by atoms with Gasteiger partial charge < -0.3 is 16.0 Å². The smallest absolute Gasteiger partial charge is 0.314 e. The van der Waals surface area contributed by atoms with Crippen LogP contribution in [0.3, 0.4) is 0 Å². The van der Waals surface area contributed by atoms with Gasteiger partial charge in [0.1, 0.15) is 0 Å². The fourth-order valence-corrected chi connectivity index (χ4v) is 0.755. The van der Waals surface area contributed by atoms with E-state index in [9.17, 15) is 9.59 Å². The fourth-order valence-electron chi connectivity index (χ4n) is 0.755. The van der Waals surface area contributed by atoms with Gasteiger partial charge in [0.15, 0.2) is 0 Å². The molecule has 0 bridgehead atoms. The first-order valence-electron chi connectivity index (χ1n) is 3.97. The van der Waals surface area contributed by atoms with E-state index in [0.29, 0.717) is 6.04 Å². The standard InChI is InChI=1S/C7H13N3O2/c1-8-7(12)9-4-6(11)10-5-2-3-5/h5H,2-4H2,1H3,(H,10,11)(H2,8,9,12). The zero-order valence-corrected chi connectivity index (χ0v) is 7.02. The van der Waals surface area contributed by atoms with Crippen LogP contribution in [0.5, 0.6) is 0 Å². The lowest BCUT2D eigenvalue weighted by molar-refractivity contribution is -0.120. The average molecular weight is 171 g/mol. The third-order valence-corrected chi connectivity index (χ3v) is 1.58. The molecule has 0 aromatic rings. The molecule has 68 valence electrons. The monoisotopic (exact) mass is 171 g/mol. The molecule has 1 fully saturated rings. The van der Waals surface area contributed by atoms with E-state index in [2.05, 4.69) is 16.0 Å². The summed E-state index contributed by atoms with van der Waals surface area (Å²) in [7, 11) is 1.51. The summed E-state index contributed by atoms with van der Waals surface area (Å²) in [5.74, 6) is -0.124. The van der Waals surface area contributed by atoms with Crippen molar-refractivity contribution in [3.05, 3.63) is 0 Å². The molecule has 0 heterocycles. The molecule has 3 amide bonds. The van der Waals surface area contributed by atoms with Crippen LogP contribution in [0.1, 0.15) is 12.8 Å². The molecule has 0 aromatic carbocycles. The molecule has 1 aliphatic rings. The number of hydrogen-bond donors (Lipinski definition) is 3. The summed E-state index contributed by atoms with van der Waals surface area (Å²) in [6, 6.07) is 0.0185. The summed E-state index contributed by atoms with van der Waals surface area (Å²) in [6.07, 6.45) is 2.12. The van der Waals surface area contributed by atoms with Gasteiger partial charge in [-0.15, -0.1) is 0 Å². The van der Waals surface area contributed by atoms with Gasteiger partial charge in [-0.1, -0.05) is 0 Å². The second-order valence-corrected chi connectivity index (χ2v) is 2.77. The molecule has 1 aliphatic carbocycles. The molecule has 0 atom stereocenters.